The number of rotatable bonds is 7. The van der Waals surface area contributed by atoms with E-state index in [1.54, 1.807) is 29.8 Å². The average Bonchev–Trinajstić information content (AvgIpc) is 2.97. The first-order valence-corrected chi connectivity index (χ1v) is 7.43. The molecule has 0 atom stereocenters. The smallest absolute Gasteiger partial charge is 0.159 e. The fourth-order valence-electron chi connectivity index (χ4n) is 1.45. The maximum absolute atomic E-state index is 4.97. The van der Waals surface area contributed by atoms with Crippen LogP contribution in [0.4, 0.5) is 0 Å². The summed E-state index contributed by atoms with van der Waals surface area (Å²) >= 11 is 3.26. The van der Waals surface area contributed by atoms with Crippen LogP contribution in [-0.2, 0) is 11.2 Å². The van der Waals surface area contributed by atoms with E-state index in [1.807, 2.05) is 12.4 Å². The summed E-state index contributed by atoms with van der Waals surface area (Å²) in [6.45, 7) is 4.51. The van der Waals surface area contributed by atoms with Gasteiger partial charge in [-0.3, -0.25) is 0 Å². The zero-order chi connectivity index (χ0) is 12.8. The fraction of sp³-hybridized carbons (Fsp3) is 0.545. The Bertz CT molecular complexity index is 483. The van der Waals surface area contributed by atoms with Gasteiger partial charge in [0.05, 0.1) is 22.7 Å². The van der Waals surface area contributed by atoms with Gasteiger partial charge in [-0.1, -0.05) is 11.3 Å². The van der Waals surface area contributed by atoms with Crippen molar-refractivity contribution >= 4 is 22.7 Å². The van der Waals surface area contributed by atoms with Crippen molar-refractivity contribution in [2.75, 3.05) is 26.8 Å². The molecule has 0 amide bonds. The van der Waals surface area contributed by atoms with E-state index in [4.69, 9.17) is 4.74 Å². The third kappa shape index (κ3) is 3.55. The van der Waals surface area contributed by atoms with Gasteiger partial charge in [-0.15, -0.1) is 21.5 Å². The summed E-state index contributed by atoms with van der Waals surface area (Å²) in [6, 6.07) is 0. The van der Waals surface area contributed by atoms with E-state index in [1.165, 1.54) is 0 Å². The highest BCUT2D eigenvalue weighted by Gasteiger charge is 2.10. The minimum absolute atomic E-state index is 0.738. The number of hydrogen-bond acceptors (Lipinski definition) is 7. The number of nitrogens with one attached hydrogen (secondary N) is 1. The van der Waals surface area contributed by atoms with Crippen LogP contribution in [0.3, 0.4) is 0 Å². The van der Waals surface area contributed by atoms with E-state index in [0.717, 1.165) is 46.7 Å². The fourth-order valence-corrected chi connectivity index (χ4v) is 3.23. The van der Waals surface area contributed by atoms with Crippen LogP contribution < -0.4 is 5.32 Å². The van der Waals surface area contributed by atoms with Crippen molar-refractivity contribution in [2.24, 2.45) is 0 Å². The molecule has 0 radical (unpaired) electrons. The Hall–Kier alpha value is -0.890. The molecule has 2 aromatic rings. The van der Waals surface area contributed by atoms with Gasteiger partial charge in [0.2, 0.25) is 0 Å². The zero-order valence-electron chi connectivity index (χ0n) is 10.5. The summed E-state index contributed by atoms with van der Waals surface area (Å²) < 4.78 is 4.97. The first-order chi connectivity index (χ1) is 8.81. The van der Waals surface area contributed by atoms with Crippen molar-refractivity contribution < 1.29 is 4.74 Å². The van der Waals surface area contributed by atoms with Crippen molar-refractivity contribution in [3.05, 3.63) is 16.2 Å². The molecule has 0 aromatic carbocycles. The van der Waals surface area contributed by atoms with Gasteiger partial charge in [-0.25, -0.2) is 4.98 Å². The molecule has 0 aliphatic heterocycles. The SMILES string of the molecule is COCCNCCc1nnc(-c2scnc2C)s1. The van der Waals surface area contributed by atoms with E-state index < -0.39 is 0 Å². The predicted octanol–water partition coefficient (Wildman–Crippen LogP) is 1.75. The molecule has 98 valence electrons. The standard InChI is InChI=1S/C11H16N4OS2/c1-8-10(17-7-13-8)11-15-14-9(18-11)3-4-12-5-6-16-2/h7,12H,3-6H2,1-2H3. The van der Waals surface area contributed by atoms with Crippen molar-refractivity contribution in [3.8, 4) is 9.88 Å². The van der Waals surface area contributed by atoms with Crippen LogP contribution in [0, 0.1) is 6.92 Å². The number of nitrogens with zero attached hydrogens (tertiary/aromatic N) is 3. The number of methoxy groups -OCH3 is 1. The van der Waals surface area contributed by atoms with Gasteiger partial charge in [-0.2, -0.15) is 0 Å². The molecule has 2 aromatic heterocycles. The summed E-state index contributed by atoms with van der Waals surface area (Å²) in [6.07, 6.45) is 0.902. The second kappa shape index (κ2) is 6.89. The lowest BCUT2D eigenvalue weighted by molar-refractivity contribution is 0.199. The predicted molar refractivity (Wildman–Crippen MR) is 74.2 cm³/mol. The average molecular weight is 284 g/mol. The van der Waals surface area contributed by atoms with Crippen molar-refractivity contribution in [3.63, 3.8) is 0 Å². The Morgan fingerprint density at radius 1 is 1.33 bits per heavy atom. The summed E-state index contributed by atoms with van der Waals surface area (Å²) in [5.41, 5.74) is 2.87. The summed E-state index contributed by atoms with van der Waals surface area (Å²) in [5, 5.41) is 13.8. The Morgan fingerprint density at radius 3 is 2.94 bits per heavy atom. The zero-order valence-corrected chi connectivity index (χ0v) is 12.1. The highest BCUT2D eigenvalue weighted by Crippen LogP contribution is 2.29. The number of hydrogen-bond donors (Lipinski definition) is 1. The van der Waals surface area contributed by atoms with Crippen molar-refractivity contribution in [1.29, 1.82) is 0 Å². The molecule has 0 unspecified atom stereocenters. The number of aryl methyl sites for hydroxylation is 1. The van der Waals surface area contributed by atoms with Gasteiger partial charge in [0.1, 0.15) is 5.01 Å². The molecule has 2 heterocycles. The Kier molecular flexibility index (Phi) is 5.18. The maximum atomic E-state index is 4.97. The van der Waals surface area contributed by atoms with Crippen LogP contribution in [0.25, 0.3) is 9.88 Å². The highest BCUT2D eigenvalue weighted by molar-refractivity contribution is 7.20. The minimum Gasteiger partial charge on any atom is -0.383 e. The minimum atomic E-state index is 0.738. The molecule has 0 saturated carbocycles. The number of ether oxygens (including phenoxy) is 1. The Morgan fingerprint density at radius 2 is 2.22 bits per heavy atom. The molecular formula is C11H16N4OS2. The second-order valence-corrected chi connectivity index (χ2v) is 5.68. The normalized spacial score (nSPS) is 11.0. The number of thiazole rings is 1. The molecule has 0 fully saturated rings. The van der Waals surface area contributed by atoms with Crippen LogP contribution in [0.5, 0.6) is 0 Å². The molecule has 5 nitrogen and oxygen atoms in total. The molecule has 2 rings (SSSR count). The molecule has 0 aliphatic rings. The number of aromatic nitrogens is 3. The highest BCUT2D eigenvalue weighted by atomic mass is 32.1. The largest absolute Gasteiger partial charge is 0.383 e. The molecule has 18 heavy (non-hydrogen) atoms. The van der Waals surface area contributed by atoms with Crippen LogP contribution in [0.15, 0.2) is 5.51 Å². The lowest BCUT2D eigenvalue weighted by Crippen LogP contribution is -2.21. The molecule has 0 spiro atoms. The lowest BCUT2D eigenvalue weighted by Gasteiger charge is -2.00. The van der Waals surface area contributed by atoms with E-state index in [9.17, 15) is 0 Å². The van der Waals surface area contributed by atoms with Crippen LogP contribution in [0.1, 0.15) is 10.7 Å². The van der Waals surface area contributed by atoms with Crippen molar-refractivity contribution in [2.45, 2.75) is 13.3 Å². The van der Waals surface area contributed by atoms with E-state index >= 15 is 0 Å². The molecule has 0 saturated heterocycles. The Balaban J connectivity index is 1.85. The van der Waals surface area contributed by atoms with E-state index in [2.05, 4.69) is 20.5 Å². The first-order valence-electron chi connectivity index (χ1n) is 5.73. The lowest BCUT2D eigenvalue weighted by atomic mass is 10.4. The van der Waals surface area contributed by atoms with Crippen LogP contribution in [0.2, 0.25) is 0 Å². The van der Waals surface area contributed by atoms with Gasteiger partial charge in [0.15, 0.2) is 5.01 Å². The van der Waals surface area contributed by atoms with Gasteiger partial charge >= 0.3 is 0 Å². The molecular weight excluding hydrogens is 268 g/mol. The quantitative estimate of drug-likeness (QED) is 0.785. The third-order valence-electron chi connectivity index (χ3n) is 2.41. The third-order valence-corrected chi connectivity index (χ3v) is 4.47. The summed E-state index contributed by atoms with van der Waals surface area (Å²) in [5.74, 6) is 0. The topological polar surface area (TPSA) is 59.9 Å². The van der Waals surface area contributed by atoms with Crippen LogP contribution >= 0.6 is 22.7 Å². The molecule has 0 bridgehead atoms. The second-order valence-electron chi connectivity index (χ2n) is 3.76. The summed E-state index contributed by atoms with van der Waals surface area (Å²) in [4.78, 5) is 5.36. The van der Waals surface area contributed by atoms with Gasteiger partial charge < -0.3 is 10.1 Å². The van der Waals surface area contributed by atoms with Gasteiger partial charge in [0.25, 0.3) is 0 Å². The maximum Gasteiger partial charge on any atom is 0.159 e. The molecule has 0 aliphatic carbocycles. The summed E-state index contributed by atoms with van der Waals surface area (Å²) in [7, 11) is 1.70. The molecule has 7 heteroatoms. The van der Waals surface area contributed by atoms with E-state index in [0.29, 0.717) is 0 Å². The first kappa shape index (κ1) is 13.5. The van der Waals surface area contributed by atoms with E-state index in [-0.39, 0.29) is 0 Å². The molecule has 1 N–H and O–H groups in total. The van der Waals surface area contributed by atoms with Crippen molar-refractivity contribution in [1.82, 2.24) is 20.5 Å². The van der Waals surface area contributed by atoms with Gasteiger partial charge in [0, 0.05) is 26.6 Å². The van der Waals surface area contributed by atoms with Gasteiger partial charge in [-0.05, 0) is 6.92 Å². The Labute approximate surface area is 114 Å². The van der Waals surface area contributed by atoms with Crippen LogP contribution in [-0.4, -0.2) is 42.0 Å². The monoisotopic (exact) mass is 284 g/mol.